The number of carbonyl (C=O) groups is 1. The Balaban J connectivity index is 1.71. The first-order chi connectivity index (χ1) is 11.1. The number of rotatable bonds is 4. The van der Waals surface area contributed by atoms with Crippen LogP contribution in [0.2, 0.25) is 0 Å². The highest BCUT2D eigenvalue weighted by Crippen LogP contribution is 2.16. The zero-order chi connectivity index (χ0) is 16.2. The van der Waals surface area contributed by atoms with Crippen molar-refractivity contribution >= 4 is 23.5 Å². The summed E-state index contributed by atoms with van der Waals surface area (Å²) in [5, 5.41) is 5.94. The van der Waals surface area contributed by atoms with Crippen molar-refractivity contribution in [2.75, 3.05) is 0 Å². The van der Waals surface area contributed by atoms with Crippen LogP contribution in [0, 0.1) is 13.8 Å². The molecule has 116 valence electrons. The molecule has 23 heavy (non-hydrogen) atoms. The number of aryl methyl sites for hydroxylation is 2. The number of nitrogens with zero attached hydrogens (tertiary/aromatic N) is 2. The molecule has 0 saturated carbocycles. The molecule has 0 unspecified atom stereocenters. The maximum absolute atomic E-state index is 12.1. The van der Waals surface area contributed by atoms with Crippen molar-refractivity contribution in [3.63, 3.8) is 0 Å². The van der Waals surface area contributed by atoms with E-state index in [1.54, 1.807) is 17.6 Å². The molecule has 4 nitrogen and oxygen atoms in total. The lowest BCUT2D eigenvalue weighted by Gasteiger charge is -2.09. The molecule has 0 aliphatic carbocycles. The molecule has 1 amide bonds. The lowest BCUT2D eigenvalue weighted by molar-refractivity contribution is 0.0955. The standard InChI is InChI=1S/C18H17N3OS/c1-13-5-6-14(2)21(13)16-9-7-15(8-10-16)18(22)20-19-12-17-4-3-11-23-17/h3-12H,1-2H3,(H,20,22)/b19-12+. The minimum absolute atomic E-state index is 0.217. The third kappa shape index (κ3) is 3.40. The number of benzene rings is 1. The second-order valence-electron chi connectivity index (χ2n) is 5.21. The van der Waals surface area contributed by atoms with Gasteiger partial charge in [0.2, 0.25) is 0 Å². The molecule has 0 bridgehead atoms. The van der Waals surface area contributed by atoms with Gasteiger partial charge >= 0.3 is 0 Å². The van der Waals surface area contributed by atoms with Crippen LogP contribution in [0.5, 0.6) is 0 Å². The van der Waals surface area contributed by atoms with E-state index in [2.05, 4.69) is 41.1 Å². The van der Waals surface area contributed by atoms with E-state index in [0.29, 0.717) is 5.56 Å². The van der Waals surface area contributed by atoms with E-state index in [0.717, 1.165) is 10.6 Å². The number of amides is 1. The van der Waals surface area contributed by atoms with Crippen LogP contribution in [0.1, 0.15) is 26.6 Å². The molecule has 0 atom stereocenters. The van der Waals surface area contributed by atoms with Crippen LogP contribution in [0.25, 0.3) is 5.69 Å². The Bertz CT molecular complexity index is 810. The van der Waals surface area contributed by atoms with Crippen molar-refractivity contribution < 1.29 is 4.79 Å². The summed E-state index contributed by atoms with van der Waals surface area (Å²) in [7, 11) is 0. The van der Waals surface area contributed by atoms with Gasteiger partial charge in [-0.05, 0) is 61.7 Å². The third-order valence-electron chi connectivity index (χ3n) is 3.56. The second kappa shape index (κ2) is 6.62. The van der Waals surface area contributed by atoms with Gasteiger partial charge in [-0.1, -0.05) is 6.07 Å². The number of aromatic nitrogens is 1. The SMILES string of the molecule is Cc1ccc(C)n1-c1ccc(C(=O)N/N=C/c2cccs2)cc1. The molecule has 0 aliphatic rings. The number of hydrogen-bond donors (Lipinski definition) is 1. The van der Waals surface area contributed by atoms with E-state index in [1.807, 2.05) is 41.8 Å². The van der Waals surface area contributed by atoms with E-state index >= 15 is 0 Å². The first kappa shape index (κ1) is 15.2. The van der Waals surface area contributed by atoms with Gasteiger partial charge in [-0.15, -0.1) is 11.3 Å². The Morgan fingerprint density at radius 1 is 1.09 bits per heavy atom. The summed E-state index contributed by atoms with van der Waals surface area (Å²) in [6, 6.07) is 15.5. The van der Waals surface area contributed by atoms with Crippen LogP contribution < -0.4 is 5.43 Å². The minimum Gasteiger partial charge on any atom is -0.319 e. The molecule has 0 fully saturated rings. The lowest BCUT2D eigenvalue weighted by atomic mass is 10.2. The molecule has 3 aromatic rings. The van der Waals surface area contributed by atoms with Gasteiger partial charge in [0.25, 0.3) is 5.91 Å². The Morgan fingerprint density at radius 3 is 2.39 bits per heavy atom. The van der Waals surface area contributed by atoms with E-state index < -0.39 is 0 Å². The van der Waals surface area contributed by atoms with Crippen molar-refractivity contribution in [3.8, 4) is 5.69 Å². The predicted molar refractivity (Wildman–Crippen MR) is 94.6 cm³/mol. The summed E-state index contributed by atoms with van der Waals surface area (Å²) in [5.74, 6) is -0.217. The fraction of sp³-hybridized carbons (Fsp3) is 0.111. The van der Waals surface area contributed by atoms with Crippen LogP contribution in [-0.2, 0) is 0 Å². The van der Waals surface area contributed by atoms with Gasteiger partial charge in [0.05, 0.1) is 6.21 Å². The molecule has 5 heteroatoms. The van der Waals surface area contributed by atoms with E-state index in [4.69, 9.17) is 0 Å². The Morgan fingerprint density at radius 2 is 1.78 bits per heavy atom. The first-order valence-corrected chi connectivity index (χ1v) is 8.15. The Hall–Kier alpha value is -2.66. The van der Waals surface area contributed by atoms with Crippen LogP contribution >= 0.6 is 11.3 Å². The number of carbonyl (C=O) groups excluding carboxylic acids is 1. The fourth-order valence-corrected chi connectivity index (χ4v) is 3.01. The number of thiophene rings is 1. The molecular formula is C18H17N3OS. The summed E-state index contributed by atoms with van der Waals surface area (Å²) in [5.41, 5.74) is 6.51. The van der Waals surface area contributed by atoms with Gasteiger partial charge in [0, 0.05) is 27.5 Å². The molecule has 2 aromatic heterocycles. The van der Waals surface area contributed by atoms with Gasteiger partial charge in [-0.25, -0.2) is 5.43 Å². The number of hydrogen-bond acceptors (Lipinski definition) is 3. The number of hydrazone groups is 1. The molecule has 0 aliphatic heterocycles. The normalized spacial score (nSPS) is 11.0. The topological polar surface area (TPSA) is 46.4 Å². The first-order valence-electron chi connectivity index (χ1n) is 7.27. The highest BCUT2D eigenvalue weighted by Gasteiger charge is 2.07. The van der Waals surface area contributed by atoms with Crippen LogP contribution in [-0.4, -0.2) is 16.7 Å². The van der Waals surface area contributed by atoms with Crippen molar-refractivity contribution in [1.29, 1.82) is 0 Å². The summed E-state index contributed by atoms with van der Waals surface area (Å²) >= 11 is 1.57. The molecular weight excluding hydrogens is 306 g/mol. The van der Waals surface area contributed by atoms with Gasteiger partial charge in [0.15, 0.2) is 0 Å². The van der Waals surface area contributed by atoms with Crippen LogP contribution in [0.4, 0.5) is 0 Å². The lowest BCUT2D eigenvalue weighted by Crippen LogP contribution is -2.17. The van der Waals surface area contributed by atoms with Crippen molar-refractivity contribution in [1.82, 2.24) is 9.99 Å². The van der Waals surface area contributed by atoms with E-state index in [1.165, 1.54) is 11.4 Å². The quantitative estimate of drug-likeness (QED) is 0.574. The predicted octanol–water partition coefficient (Wildman–Crippen LogP) is 3.92. The summed E-state index contributed by atoms with van der Waals surface area (Å²) in [6.07, 6.45) is 1.64. The van der Waals surface area contributed by atoms with Crippen LogP contribution in [0.15, 0.2) is 59.0 Å². The average Bonchev–Trinajstić information content (AvgIpc) is 3.18. The fourth-order valence-electron chi connectivity index (χ4n) is 2.42. The van der Waals surface area contributed by atoms with Gasteiger partial charge in [-0.3, -0.25) is 4.79 Å². The zero-order valence-electron chi connectivity index (χ0n) is 13.0. The molecule has 3 rings (SSSR count). The van der Waals surface area contributed by atoms with Crippen molar-refractivity contribution in [2.45, 2.75) is 13.8 Å². The molecule has 1 aromatic carbocycles. The monoisotopic (exact) mass is 323 g/mol. The van der Waals surface area contributed by atoms with Crippen molar-refractivity contribution in [2.24, 2.45) is 5.10 Å². The molecule has 2 heterocycles. The largest absolute Gasteiger partial charge is 0.319 e. The van der Waals surface area contributed by atoms with Gasteiger partial charge < -0.3 is 4.57 Å². The average molecular weight is 323 g/mol. The highest BCUT2D eigenvalue weighted by atomic mass is 32.1. The maximum atomic E-state index is 12.1. The van der Waals surface area contributed by atoms with Gasteiger partial charge in [-0.2, -0.15) is 5.10 Å². The zero-order valence-corrected chi connectivity index (χ0v) is 13.8. The number of nitrogens with one attached hydrogen (secondary N) is 1. The molecule has 0 radical (unpaired) electrons. The maximum Gasteiger partial charge on any atom is 0.271 e. The minimum atomic E-state index is -0.217. The smallest absolute Gasteiger partial charge is 0.271 e. The summed E-state index contributed by atoms with van der Waals surface area (Å²) < 4.78 is 2.15. The van der Waals surface area contributed by atoms with Crippen molar-refractivity contribution in [3.05, 3.63) is 75.7 Å². The van der Waals surface area contributed by atoms with E-state index in [-0.39, 0.29) is 5.91 Å². The summed E-state index contributed by atoms with van der Waals surface area (Å²) in [4.78, 5) is 13.1. The summed E-state index contributed by atoms with van der Waals surface area (Å²) in [6.45, 7) is 4.12. The third-order valence-corrected chi connectivity index (χ3v) is 4.37. The Labute approximate surface area is 139 Å². The molecule has 0 spiro atoms. The molecule has 1 N–H and O–H groups in total. The van der Waals surface area contributed by atoms with E-state index in [9.17, 15) is 4.79 Å². The second-order valence-corrected chi connectivity index (χ2v) is 6.19. The highest BCUT2D eigenvalue weighted by molar-refractivity contribution is 7.11. The molecule has 0 saturated heterocycles. The van der Waals surface area contributed by atoms with Crippen LogP contribution in [0.3, 0.4) is 0 Å². The Kier molecular flexibility index (Phi) is 4.39. The van der Waals surface area contributed by atoms with Gasteiger partial charge in [0.1, 0.15) is 0 Å².